The zero-order valence-electron chi connectivity index (χ0n) is 13.3. The third kappa shape index (κ3) is 4.97. The number of carbonyl (C=O) groups is 2. The average Bonchev–Trinajstić information content (AvgIpc) is 2.59. The highest BCUT2D eigenvalue weighted by Crippen LogP contribution is 2.29. The van der Waals surface area contributed by atoms with Crippen LogP contribution in [0, 0.1) is 0 Å². The number of hydrogen-bond donors (Lipinski definition) is 3. The highest BCUT2D eigenvalue weighted by molar-refractivity contribution is 6.00. The molecule has 25 heavy (non-hydrogen) atoms. The minimum Gasteiger partial charge on any atom is -0.376 e. The van der Waals surface area contributed by atoms with Crippen molar-refractivity contribution in [1.29, 1.82) is 0 Å². The van der Waals surface area contributed by atoms with Crippen LogP contribution in [0.4, 0.5) is 24.5 Å². The zero-order valence-corrected chi connectivity index (χ0v) is 13.3. The Morgan fingerprint density at radius 3 is 2.24 bits per heavy atom. The van der Waals surface area contributed by atoms with E-state index in [1.807, 2.05) is 0 Å². The summed E-state index contributed by atoms with van der Waals surface area (Å²) in [6.45, 7) is -0.144. The molecule has 0 heterocycles. The van der Waals surface area contributed by atoms with Gasteiger partial charge in [0.1, 0.15) is 0 Å². The first-order chi connectivity index (χ1) is 11.8. The van der Waals surface area contributed by atoms with Crippen LogP contribution in [-0.4, -0.2) is 25.4 Å². The first-order valence-electron chi connectivity index (χ1n) is 7.33. The minimum atomic E-state index is -4.42. The van der Waals surface area contributed by atoms with Crippen molar-refractivity contribution in [2.24, 2.45) is 0 Å². The maximum absolute atomic E-state index is 12.5. The standard InChI is InChI=1S/C17H16F3N3O2/c1-21-16(25)13-4-2-3-5-14(13)22-10-15(24)23-12-8-6-11(7-9-12)17(18,19)20/h2-9,22H,10H2,1H3,(H,21,25)(H,23,24). The van der Waals surface area contributed by atoms with Crippen LogP contribution in [0.1, 0.15) is 15.9 Å². The van der Waals surface area contributed by atoms with Crippen molar-refractivity contribution in [3.8, 4) is 0 Å². The second-order valence-corrected chi connectivity index (χ2v) is 5.10. The van der Waals surface area contributed by atoms with Crippen LogP contribution >= 0.6 is 0 Å². The molecule has 0 aliphatic rings. The lowest BCUT2D eigenvalue weighted by molar-refractivity contribution is -0.137. The summed E-state index contributed by atoms with van der Waals surface area (Å²) >= 11 is 0. The SMILES string of the molecule is CNC(=O)c1ccccc1NCC(=O)Nc1ccc(C(F)(F)F)cc1. The molecule has 8 heteroatoms. The summed E-state index contributed by atoms with van der Waals surface area (Å²) < 4.78 is 37.5. The van der Waals surface area contributed by atoms with E-state index in [0.29, 0.717) is 11.3 Å². The van der Waals surface area contributed by atoms with Crippen molar-refractivity contribution in [3.05, 3.63) is 59.7 Å². The van der Waals surface area contributed by atoms with Crippen molar-refractivity contribution < 1.29 is 22.8 Å². The number of alkyl halides is 3. The Morgan fingerprint density at radius 1 is 1.00 bits per heavy atom. The monoisotopic (exact) mass is 351 g/mol. The van der Waals surface area contributed by atoms with Gasteiger partial charge in [0.15, 0.2) is 0 Å². The molecule has 3 N–H and O–H groups in total. The maximum atomic E-state index is 12.5. The van der Waals surface area contributed by atoms with Crippen molar-refractivity contribution in [3.63, 3.8) is 0 Å². The van der Waals surface area contributed by atoms with Crippen LogP contribution in [0.2, 0.25) is 0 Å². The summed E-state index contributed by atoms with van der Waals surface area (Å²) in [6.07, 6.45) is -4.42. The Hall–Kier alpha value is -3.03. The van der Waals surface area contributed by atoms with E-state index in [2.05, 4.69) is 16.0 Å². The number of rotatable bonds is 5. The molecular weight excluding hydrogens is 335 g/mol. The lowest BCUT2D eigenvalue weighted by atomic mass is 10.1. The largest absolute Gasteiger partial charge is 0.416 e. The van der Waals surface area contributed by atoms with Gasteiger partial charge in [-0.3, -0.25) is 9.59 Å². The smallest absolute Gasteiger partial charge is 0.376 e. The third-order valence-electron chi connectivity index (χ3n) is 3.33. The average molecular weight is 351 g/mol. The van der Waals surface area contributed by atoms with Gasteiger partial charge in [0.2, 0.25) is 5.91 Å². The number of anilines is 2. The molecule has 0 aliphatic heterocycles. The van der Waals surface area contributed by atoms with Gasteiger partial charge in [-0.05, 0) is 36.4 Å². The molecule has 0 aromatic heterocycles. The van der Waals surface area contributed by atoms with E-state index in [0.717, 1.165) is 12.1 Å². The second-order valence-electron chi connectivity index (χ2n) is 5.10. The number of nitrogens with one attached hydrogen (secondary N) is 3. The highest BCUT2D eigenvalue weighted by atomic mass is 19.4. The predicted octanol–water partition coefficient (Wildman–Crippen LogP) is 3.12. The first kappa shape index (κ1) is 18.3. The summed E-state index contributed by atoms with van der Waals surface area (Å²) in [5, 5.41) is 7.81. The number of hydrogen-bond acceptors (Lipinski definition) is 3. The number of amides is 2. The van der Waals surface area contributed by atoms with E-state index in [-0.39, 0.29) is 18.1 Å². The molecule has 0 atom stereocenters. The van der Waals surface area contributed by atoms with Gasteiger partial charge in [0.05, 0.1) is 17.7 Å². The molecule has 0 saturated carbocycles. The Labute approximate surface area is 142 Å². The van der Waals surface area contributed by atoms with Crippen molar-refractivity contribution >= 4 is 23.2 Å². The van der Waals surface area contributed by atoms with Crippen molar-refractivity contribution in [2.45, 2.75) is 6.18 Å². The second kappa shape index (κ2) is 7.69. The Balaban J connectivity index is 1.97. The molecule has 0 aliphatic carbocycles. The summed E-state index contributed by atoms with van der Waals surface area (Å²) in [7, 11) is 1.50. The van der Waals surface area contributed by atoms with E-state index >= 15 is 0 Å². The van der Waals surface area contributed by atoms with E-state index in [9.17, 15) is 22.8 Å². The number of benzene rings is 2. The lowest BCUT2D eigenvalue weighted by Crippen LogP contribution is -2.24. The maximum Gasteiger partial charge on any atom is 0.416 e. The quantitative estimate of drug-likeness (QED) is 0.775. The Bertz CT molecular complexity index is 758. The van der Waals surface area contributed by atoms with Gasteiger partial charge in [0, 0.05) is 18.4 Å². The molecule has 2 amide bonds. The van der Waals surface area contributed by atoms with E-state index in [1.54, 1.807) is 24.3 Å². The fraction of sp³-hybridized carbons (Fsp3) is 0.176. The molecule has 0 bridgehead atoms. The van der Waals surface area contributed by atoms with Crippen LogP contribution in [0.5, 0.6) is 0 Å². The number of para-hydroxylation sites is 1. The van der Waals surface area contributed by atoms with Gasteiger partial charge < -0.3 is 16.0 Å². The van der Waals surface area contributed by atoms with Gasteiger partial charge >= 0.3 is 6.18 Å². The molecule has 2 aromatic carbocycles. The van der Waals surface area contributed by atoms with E-state index in [1.165, 1.54) is 19.2 Å². The summed E-state index contributed by atoms with van der Waals surface area (Å²) in [5.74, 6) is -0.752. The molecule has 0 fully saturated rings. The molecule has 5 nitrogen and oxygen atoms in total. The first-order valence-corrected chi connectivity index (χ1v) is 7.33. The number of carbonyl (C=O) groups excluding carboxylic acids is 2. The van der Waals surface area contributed by atoms with E-state index in [4.69, 9.17) is 0 Å². The molecule has 2 aromatic rings. The molecular formula is C17H16F3N3O2. The van der Waals surface area contributed by atoms with Crippen molar-refractivity contribution in [2.75, 3.05) is 24.2 Å². The van der Waals surface area contributed by atoms with Crippen LogP contribution in [-0.2, 0) is 11.0 Å². The molecule has 0 unspecified atom stereocenters. The molecule has 0 saturated heterocycles. The van der Waals surface area contributed by atoms with Crippen LogP contribution in [0.25, 0.3) is 0 Å². The molecule has 2 rings (SSSR count). The third-order valence-corrected chi connectivity index (χ3v) is 3.33. The summed E-state index contributed by atoms with van der Waals surface area (Å²) in [4.78, 5) is 23.7. The highest BCUT2D eigenvalue weighted by Gasteiger charge is 2.29. The Morgan fingerprint density at radius 2 is 1.64 bits per heavy atom. The predicted molar refractivity (Wildman–Crippen MR) is 88.4 cm³/mol. The van der Waals surface area contributed by atoms with Crippen LogP contribution in [0.3, 0.4) is 0 Å². The molecule has 132 valence electrons. The summed E-state index contributed by atoms with van der Waals surface area (Å²) in [5.41, 5.74) is 0.319. The van der Waals surface area contributed by atoms with Crippen molar-refractivity contribution in [1.82, 2.24) is 5.32 Å². The van der Waals surface area contributed by atoms with Gasteiger partial charge in [-0.15, -0.1) is 0 Å². The fourth-order valence-corrected chi connectivity index (χ4v) is 2.09. The fourth-order valence-electron chi connectivity index (χ4n) is 2.09. The number of halogens is 3. The Kier molecular flexibility index (Phi) is 5.63. The van der Waals surface area contributed by atoms with Crippen LogP contribution < -0.4 is 16.0 Å². The van der Waals surface area contributed by atoms with E-state index < -0.39 is 17.6 Å². The normalized spacial score (nSPS) is 10.9. The zero-order chi connectivity index (χ0) is 18.4. The topological polar surface area (TPSA) is 70.2 Å². The molecule has 0 radical (unpaired) electrons. The van der Waals surface area contributed by atoms with Gasteiger partial charge in [-0.25, -0.2) is 0 Å². The summed E-state index contributed by atoms with van der Waals surface area (Å²) in [6, 6.07) is 10.8. The lowest BCUT2D eigenvalue weighted by Gasteiger charge is -2.12. The van der Waals surface area contributed by atoms with Gasteiger partial charge in [-0.1, -0.05) is 12.1 Å². The molecule has 0 spiro atoms. The van der Waals surface area contributed by atoms with Crippen LogP contribution in [0.15, 0.2) is 48.5 Å². The minimum absolute atomic E-state index is 0.144. The van der Waals surface area contributed by atoms with Gasteiger partial charge in [-0.2, -0.15) is 13.2 Å². The van der Waals surface area contributed by atoms with Gasteiger partial charge in [0.25, 0.3) is 5.91 Å².